The van der Waals surface area contributed by atoms with Crippen molar-refractivity contribution in [1.29, 1.82) is 0 Å². The molecule has 18 heavy (non-hydrogen) atoms. The Morgan fingerprint density at radius 1 is 1.56 bits per heavy atom. The number of nitrogens with two attached hydrogens (primary N) is 1. The summed E-state index contributed by atoms with van der Waals surface area (Å²) in [6, 6.07) is 2.04. The SMILES string of the molecule is CCc1occc1C(=O)NCC1CCCC(N)C1. The highest BCUT2D eigenvalue weighted by Gasteiger charge is 2.20. The molecule has 1 saturated carbocycles. The third-order valence-corrected chi connectivity index (χ3v) is 3.69. The summed E-state index contributed by atoms with van der Waals surface area (Å²) < 4.78 is 5.26. The first kappa shape index (κ1) is 13.1. The van der Waals surface area contributed by atoms with Crippen LogP contribution in [0.5, 0.6) is 0 Å². The number of hydrogen-bond donors (Lipinski definition) is 2. The van der Waals surface area contributed by atoms with Gasteiger partial charge in [-0.25, -0.2) is 0 Å². The fourth-order valence-corrected chi connectivity index (χ4v) is 2.67. The molecule has 2 rings (SSSR count). The molecule has 1 heterocycles. The van der Waals surface area contributed by atoms with Gasteiger partial charge in [0.05, 0.1) is 11.8 Å². The quantitative estimate of drug-likeness (QED) is 0.859. The first-order valence-corrected chi connectivity index (χ1v) is 6.80. The second-order valence-electron chi connectivity index (χ2n) is 5.11. The van der Waals surface area contributed by atoms with Crippen LogP contribution in [0.25, 0.3) is 0 Å². The number of carbonyl (C=O) groups excluding carboxylic acids is 1. The van der Waals surface area contributed by atoms with Crippen molar-refractivity contribution < 1.29 is 9.21 Å². The molecule has 0 aliphatic heterocycles. The van der Waals surface area contributed by atoms with Crippen molar-refractivity contribution in [3.8, 4) is 0 Å². The van der Waals surface area contributed by atoms with Crippen molar-refractivity contribution in [3.05, 3.63) is 23.7 Å². The largest absolute Gasteiger partial charge is 0.469 e. The lowest BCUT2D eigenvalue weighted by Gasteiger charge is -2.26. The van der Waals surface area contributed by atoms with E-state index in [0.29, 0.717) is 17.5 Å². The number of hydrogen-bond acceptors (Lipinski definition) is 3. The van der Waals surface area contributed by atoms with Crippen molar-refractivity contribution >= 4 is 5.91 Å². The van der Waals surface area contributed by atoms with Crippen LogP contribution in [-0.4, -0.2) is 18.5 Å². The summed E-state index contributed by atoms with van der Waals surface area (Å²) in [4.78, 5) is 12.0. The summed E-state index contributed by atoms with van der Waals surface area (Å²) in [6.45, 7) is 2.70. The van der Waals surface area contributed by atoms with Crippen LogP contribution in [0.15, 0.2) is 16.7 Å². The van der Waals surface area contributed by atoms with Crippen molar-refractivity contribution in [1.82, 2.24) is 5.32 Å². The molecule has 2 unspecified atom stereocenters. The Morgan fingerprint density at radius 3 is 3.11 bits per heavy atom. The monoisotopic (exact) mass is 250 g/mol. The van der Waals surface area contributed by atoms with Gasteiger partial charge >= 0.3 is 0 Å². The normalized spacial score (nSPS) is 23.9. The molecule has 0 radical (unpaired) electrons. The number of rotatable bonds is 4. The molecule has 100 valence electrons. The third kappa shape index (κ3) is 3.13. The molecule has 1 aliphatic carbocycles. The fourth-order valence-electron chi connectivity index (χ4n) is 2.67. The molecule has 2 atom stereocenters. The molecule has 0 spiro atoms. The molecule has 0 saturated heterocycles. The third-order valence-electron chi connectivity index (χ3n) is 3.69. The summed E-state index contributed by atoms with van der Waals surface area (Å²) in [6.07, 6.45) is 6.79. The Morgan fingerprint density at radius 2 is 2.39 bits per heavy atom. The Kier molecular flexibility index (Phi) is 4.42. The summed E-state index contributed by atoms with van der Waals surface area (Å²) in [7, 11) is 0. The van der Waals surface area contributed by atoms with Crippen LogP contribution in [0.2, 0.25) is 0 Å². The molecular formula is C14H22N2O2. The Balaban J connectivity index is 1.84. The van der Waals surface area contributed by atoms with Gasteiger partial charge in [0, 0.05) is 19.0 Å². The highest BCUT2D eigenvalue weighted by molar-refractivity contribution is 5.95. The van der Waals surface area contributed by atoms with Crippen molar-refractivity contribution in [3.63, 3.8) is 0 Å². The minimum Gasteiger partial charge on any atom is -0.469 e. The van der Waals surface area contributed by atoms with E-state index in [-0.39, 0.29) is 5.91 Å². The van der Waals surface area contributed by atoms with E-state index in [9.17, 15) is 4.79 Å². The Hall–Kier alpha value is -1.29. The van der Waals surface area contributed by atoms with Crippen LogP contribution >= 0.6 is 0 Å². The lowest BCUT2D eigenvalue weighted by Crippen LogP contribution is -2.35. The average molecular weight is 250 g/mol. The van der Waals surface area contributed by atoms with Crippen LogP contribution in [0.4, 0.5) is 0 Å². The summed E-state index contributed by atoms with van der Waals surface area (Å²) in [5.41, 5.74) is 6.61. The summed E-state index contributed by atoms with van der Waals surface area (Å²) in [5.74, 6) is 1.25. The van der Waals surface area contributed by atoms with Crippen molar-refractivity contribution in [2.24, 2.45) is 11.7 Å². The van der Waals surface area contributed by atoms with Crippen LogP contribution in [0, 0.1) is 5.92 Å². The predicted molar refractivity (Wildman–Crippen MR) is 70.4 cm³/mol. The zero-order valence-electron chi connectivity index (χ0n) is 10.9. The fraction of sp³-hybridized carbons (Fsp3) is 0.643. The highest BCUT2D eigenvalue weighted by Crippen LogP contribution is 2.22. The molecule has 1 aromatic rings. The lowest BCUT2D eigenvalue weighted by atomic mass is 9.86. The van der Waals surface area contributed by atoms with Crippen LogP contribution < -0.4 is 11.1 Å². The maximum absolute atomic E-state index is 12.0. The van der Waals surface area contributed by atoms with Gasteiger partial charge in [0.15, 0.2) is 0 Å². The molecule has 1 aliphatic rings. The van der Waals surface area contributed by atoms with E-state index < -0.39 is 0 Å². The number of furan rings is 1. The van der Waals surface area contributed by atoms with Crippen molar-refractivity contribution in [2.45, 2.75) is 45.1 Å². The smallest absolute Gasteiger partial charge is 0.254 e. The minimum atomic E-state index is -0.0280. The number of aryl methyl sites for hydroxylation is 1. The van der Waals surface area contributed by atoms with E-state index in [1.54, 1.807) is 12.3 Å². The maximum Gasteiger partial charge on any atom is 0.254 e. The average Bonchev–Trinajstić information content (AvgIpc) is 2.84. The van der Waals surface area contributed by atoms with E-state index in [1.807, 2.05) is 6.92 Å². The van der Waals surface area contributed by atoms with Gasteiger partial charge in [-0.3, -0.25) is 4.79 Å². The molecule has 3 N–H and O–H groups in total. The van der Waals surface area contributed by atoms with E-state index in [1.165, 1.54) is 12.8 Å². The number of nitrogens with one attached hydrogen (secondary N) is 1. The van der Waals surface area contributed by atoms with Gasteiger partial charge in [-0.2, -0.15) is 0 Å². The molecule has 1 amide bonds. The van der Waals surface area contributed by atoms with Gasteiger partial charge in [-0.05, 0) is 31.2 Å². The van der Waals surface area contributed by atoms with Gasteiger partial charge in [0.25, 0.3) is 5.91 Å². The molecule has 1 aromatic heterocycles. The van der Waals surface area contributed by atoms with Gasteiger partial charge < -0.3 is 15.5 Å². The van der Waals surface area contributed by atoms with Gasteiger partial charge in [0.2, 0.25) is 0 Å². The van der Waals surface area contributed by atoms with E-state index in [4.69, 9.17) is 10.2 Å². The second-order valence-corrected chi connectivity index (χ2v) is 5.11. The van der Waals surface area contributed by atoms with Gasteiger partial charge in [-0.15, -0.1) is 0 Å². The standard InChI is InChI=1S/C14H22N2O2/c1-2-13-12(6-7-18-13)14(17)16-9-10-4-3-5-11(15)8-10/h6-7,10-11H,2-5,8-9,15H2,1H3,(H,16,17). The molecule has 0 aromatic carbocycles. The molecular weight excluding hydrogens is 228 g/mol. The maximum atomic E-state index is 12.0. The summed E-state index contributed by atoms with van der Waals surface area (Å²) in [5, 5.41) is 3.00. The van der Waals surface area contributed by atoms with Crippen LogP contribution in [0.3, 0.4) is 0 Å². The topological polar surface area (TPSA) is 68.3 Å². The van der Waals surface area contributed by atoms with Gasteiger partial charge in [0.1, 0.15) is 5.76 Å². The van der Waals surface area contributed by atoms with Crippen molar-refractivity contribution in [2.75, 3.05) is 6.54 Å². The van der Waals surface area contributed by atoms with E-state index in [2.05, 4.69) is 5.32 Å². The molecule has 0 bridgehead atoms. The highest BCUT2D eigenvalue weighted by atomic mass is 16.3. The van der Waals surface area contributed by atoms with Crippen LogP contribution in [-0.2, 0) is 6.42 Å². The number of carbonyl (C=O) groups is 1. The van der Waals surface area contributed by atoms with Gasteiger partial charge in [-0.1, -0.05) is 13.3 Å². The van der Waals surface area contributed by atoms with E-state index >= 15 is 0 Å². The van der Waals surface area contributed by atoms with E-state index in [0.717, 1.165) is 31.6 Å². The summed E-state index contributed by atoms with van der Waals surface area (Å²) >= 11 is 0. The molecule has 4 heteroatoms. The first-order valence-electron chi connectivity index (χ1n) is 6.80. The Labute approximate surface area is 108 Å². The lowest BCUT2D eigenvalue weighted by molar-refractivity contribution is 0.0940. The minimum absolute atomic E-state index is 0.0280. The van der Waals surface area contributed by atoms with Crippen LogP contribution in [0.1, 0.15) is 48.7 Å². The first-order chi connectivity index (χ1) is 8.70. The zero-order valence-corrected chi connectivity index (χ0v) is 10.9. The molecule has 1 fully saturated rings. The second kappa shape index (κ2) is 6.05. The predicted octanol–water partition coefficient (Wildman–Crippen LogP) is 2.09. The number of amides is 1. The zero-order chi connectivity index (χ0) is 13.0. The molecule has 4 nitrogen and oxygen atoms in total. The Bertz CT molecular complexity index is 400.